The van der Waals surface area contributed by atoms with Gasteiger partial charge in [-0.05, 0) is 12.8 Å². The highest BCUT2D eigenvalue weighted by molar-refractivity contribution is 6.20. The first-order valence-corrected chi connectivity index (χ1v) is 3.65. The van der Waals surface area contributed by atoms with Crippen LogP contribution in [0.25, 0.3) is 0 Å². The van der Waals surface area contributed by atoms with Crippen LogP contribution in [0.1, 0.15) is 12.8 Å². The molecule has 0 amide bonds. The lowest BCUT2D eigenvalue weighted by Crippen LogP contribution is -2.07. The maximum absolute atomic E-state index is 5.60. The average molecular weight is 155 g/mol. The zero-order chi connectivity index (χ0) is 5.98. The average Bonchev–Trinajstić information content (AvgIpc) is 2.14. The summed E-state index contributed by atoms with van der Waals surface area (Å²) in [6.07, 6.45) is 2.16. The highest BCUT2D eigenvalue weighted by atomic mass is 35.5. The monoisotopic (exact) mass is 154 g/mol. The number of ether oxygens (including phenoxy) is 1. The number of rotatable bonds is 1. The maximum Gasteiger partial charge on any atom is 0.131 e. The summed E-state index contributed by atoms with van der Waals surface area (Å²) in [6, 6.07) is 0. The summed E-state index contributed by atoms with van der Waals surface area (Å²) >= 11 is 11.1. The van der Waals surface area contributed by atoms with E-state index in [0.717, 1.165) is 12.8 Å². The molecular weight excluding hydrogens is 147 g/mol. The van der Waals surface area contributed by atoms with Crippen molar-refractivity contribution < 1.29 is 4.74 Å². The molecule has 0 saturated carbocycles. The van der Waals surface area contributed by atoms with Gasteiger partial charge in [0.2, 0.25) is 0 Å². The van der Waals surface area contributed by atoms with Crippen molar-refractivity contribution in [1.29, 1.82) is 0 Å². The van der Waals surface area contributed by atoms with Crippen LogP contribution in [-0.4, -0.2) is 17.5 Å². The molecule has 3 heteroatoms. The van der Waals surface area contributed by atoms with Crippen LogP contribution < -0.4 is 0 Å². The van der Waals surface area contributed by atoms with Crippen molar-refractivity contribution in [2.24, 2.45) is 0 Å². The van der Waals surface area contributed by atoms with Gasteiger partial charge in [0, 0.05) is 5.88 Å². The molecule has 1 rings (SSSR count). The Bertz CT molecular complexity index is 76.8. The highest BCUT2D eigenvalue weighted by Crippen LogP contribution is 2.22. The highest BCUT2D eigenvalue weighted by Gasteiger charge is 2.21. The van der Waals surface area contributed by atoms with Crippen molar-refractivity contribution in [2.75, 3.05) is 5.88 Å². The van der Waals surface area contributed by atoms with Crippen molar-refractivity contribution in [2.45, 2.75) is 24.5 Å². The molecule has 0 spiro atoms. The normalized spacial score (nSPS) is 38.2. The molecule has 1 fully saturated rings. The second-order valence-electron chi connectivity index (χ2n) is 1.90. The van der Waals surface area contributed by atoms with Crippen LogP contribution in [0.5, 0.6) is 0 Å². The van der Waals surface area contributed by atoms with Gasteiger partial charge in [0.15, 0.2) is 0 Å². The fourth-order valence-electron chi connectivity index (χ4n) is 0.775. The molecule has 1 heterocycles. The van der Waals surface area contributed by atoms with E-state index in [0.29, 0.717) is 5.88 Å². The van der Waals surface area contributed by atoms with E-state index in [1.54, 1.807) is 0 Å². The summed E-state index contributed by atoms with van der Waals surface area (Å²) in [5, 5.41) is 0. The van der Waals surface area contributed by atoms with Gasteiger partial charge in [-0.15, -0.1) is 11.6 Å². The van der Waals surface area contributed by atoms with E-state index in [-0.39, 0.29) is 11.7 Å². The molecular formula is C5H8Cl2O. The summed E-state index contributed by atoms with van der Waals surface area (Å²) in [7, 11) is 0. The molecule has 1 aliphatic rings. The largest absolute Gasteiger partial charge is 0.358 e. The van der Waals surface area contributed by atoms with Crippen molar-refractivity contribution in [3.63, 3.8) is 0 Å². The fourth-order valence-corrected chi connectivity index (χ4v) is 1.27. The first-order valence-electron chi connectivity index (χ1n) is 2.68. The van der Waals surface area contributed by atoms with E-state index in [1.807, 2.05) is 0 Å². The van der Waals surface area contributed by atoms with Crippen LogP contribution in [0, 0.1) is 0 Å². The Morgan fingerprint density at radius 1 is 1.50 bits per heavy atom. The molecule has 0 aromatic heterocycles. The third kappa shape index (κ3) is 1.51. The lowest BCUT2D eigenvalue weighted by molar-refractivity contribution is 0.104. The van der Waals surface area contributed by atoms with Crippen LogP contribution in [0.3, 0.4) is 0 Å². The Kier molecular flexibility index (Phi) is 2.42. The lowest BCUT2D eigenvalue weighted by Gasteiger charge is -2.03. The van der Waals surface area contributed by atoms with E-state index in [1.165, 1.54) is 0 Å². The Labute approximate surface area is 58.9 Å². The van der Waals surface area contributed by atoms with Crippen LogP contribution in [0.4, 0.5) is 0 Å². The van der Waals surface area contributed by atoms with Gasteiger partial charge in [-0.25, -0.2) is 0 Å². The first-order chi connectivity index (χ1) is 3.83. The van der Waals surface area contributed by atoms with Gasteiger partial charge in [0.25, 0.3) is 0 Å². The summed E-state index contributed by atoms with van der Waals surface area (Å²) in [4.78, 5) is 0. The van der Waals surface area contributed by atoms with Gasteiger partial charge in [0.05, 0.1) is 6.10 Å². The van der Waals surface area contributed by atoms with Gasteiger partial charge in [0.1, 0.15) is 5.56 Å². The molecule has 0 radical (unpaired) electrons. The Morgan fingerprint density at radius 2 is 2.25 bits per heavy atom. The van der Waals surface area contributed by atoms with Crippen molar-refractivity contribution >= 4 is 23.2 Å². The summed E-state index contributed by atoms with van der Waals surface area (Å²) in [5.41, 5.74) is -0.0845. The zero-order valence-electron chi connectivity index (χ0n) is 4.44. The SMILES string of the molecule is ClCC1CCC(Cl)O1. The quantitative estimate of drug-likeness (QED) is 0.526. The molecule has 0 aromatic carbocycles. The van der Waals surface area contributed by atoms with Crippen LogP contribution in [-0.2, 0) is 4.74 Å². The van der Waals surface area contributed by atoms with Crippen molar-refractivity contribution in [3.8, 4) is 0 Å². The van der Waals surface area contributed by atoms with E-state index < -0.39 is 0 Å². The minimum Gasteiger partial charge on any atom is -0.358 e. The molecule has 0 N–H and O–H groups in total. The van der Waals surface area contributed by atoms with Gasteiger partial charge in [-0.1, -0.05) is 11.6 Å². The van der Waals surface area contributed by atoms with E-state index in [9.17, 15) is 0 Å². The second kappa shape index (κ2) is 2.90. The molecule has 0 bridgehead atoms. The molecule has 1 aliphatic heterocycles. The third-order valence-electron chi connectivity index (χ3n) is 1.23. The van der Waals surface area contributed by atoms with Gasteiger partial charge < -0.3 is 4.74 Å². The van der Waals surface area contributed by atoms with E-state index in [4.69, 9.17) is 27.9 Å². The van der Waals surface area contributed by atoms with Gasteiger partial charge in [-0.2, -0.15) is 0 Å². The maximum atomic E-state index is 5.60. The van der Waals surface area contributed by atoms with Crippen LogP contribution in [0.15, 0.2) is 0 Å². The van der Waals surface area contributed by atoms with E-state index in [2.05, 4.69) is 0 Å². The lowest BCUT2D eigenvalue weighted by atomic mass is 10.3. The van der Waals surface area contributed by atoms with Crippen molar-refractivity contribution in [1.82, 2.24) is 0 Å². The number of hydrogen-bond donors (Lipinski definition) is 0. The van der Waals surface area contributed by atoms with Crippen molar-refractivity contribution in [3.05, 3.63) is 0 Å². The predicted molar refractivity (Wildman–Crippen MR) is 34.5 cm³/mol. The fraction of sp³-hybridized carbons (Fsp3) is 1.00. The molecule has 1 nitrogen and oxygen atoms in total. The molecule has 48 valence electrons. The standard InChI is InChI=1S/C5H8Cl2O/c6-3-4-1-2-5(7)8-4/h4-5H,1-3H2. The minimum atomic E-state index is -0.0845. The third-order valence-corrected chi connectivity index (χ3v) is 1.89. The van der Waals surface area contributed by atoms with Gasteiger partial charge in [-0.3, -0.25) is 0 Å². The first kappa shape index (κ1) is 6.66. The Balaban J connectivity index is 2.22. The second-order valence-corrected chi connectivity index (χ2v) is 2.70. The minimum absolute atomic E-state index is 0.0845. The zero-order valence-corrected chi connectivity index (χ0v) is 5.95. The summed E-state index contributed by atoms with van der Waals surface area (Å²) < 4.78 is 5.14. The van der Waals surface area contributed by atoms with Gasteiger partial charge >= 0.3 is 0 Å². The topological polar surface area (TPSA) is 9.23 Å². The molecule has 2 atom stereocenters. The number of hydrogen-bond acceptors (Lipinski definition) is 1. The smallest absolute Gasteiger partial charge is 0.131 e. The van der Waals surface area contributed by atoms with E-state index >= 15 is 0 Å². The molecule has 8 heavy (non-hydrogen) atoms. The Morgan fingerprint density at radius 3 is 2.50 bits per heavy atom. The van der Waals surface area contributed by atoms with Crippen LogP contribution in [0.2, 0.25) is 0 Å². The predicted octanol–water partition coefficient (Wildman–Crippen LogP) is 1.97. The summed E-state index contributed by atoms with van der Waals surface area (Å²) in [5.74, 6) is 0.573. The Hall–Kier alpha value is 0.540. The molecule has 0 aliphatic carbocycles. The molecule has 1 saturated heterocycles. The summed E-state index contributed by atoms with van der Waals surface area (Å²) in [6.45, 7) is 0. The number of halogens is 2. The number of alkyl halides is 2. The molecule has 0 aromatic rings. The van der Waals surface area contributed by atoms with Crippen LogP contribution >= 0.6 is 23.2 Å². The molecule has 2 unspecified atom stereocenters.